The van der Waals surface area contributed by atoms with Gasteiger partial charge < -0.3 is 0 Å². The number of H-pyrrole nitrogens is 1. The summed E-state index contributed by atoms with van der Waals surface area (Å²) in [5.74, 6) is 0. The first-order valence-electron chi connectivity index (χ1n) is 3.60. The smallest absolute Gasteiger partial charge is 0.279 e. The molecule has 0 bridgehead atoms. The van der Waals surface area contributed by atoms with Crippen molar-refractivity contribution in [3.05, 3.63) is 27.3 Å². The maximum atomic E-state index is 11.2. The van der Waals surface area contributed by atoms with Crippen molar-refractivity contribution < 1.29 is 0 Å². The summed E-state index contributed by atoms with van der Waals surface area (Å²) in [6.07, 6.45) is 1.25. The third-order valence-corrected chi connectivity index (χ3v) is 1.45. The molecule has 0 saturated heterocycles. The van der Waals surface area contributed by atoms with E-state index in [-0.39, 0.29) is 5.54 Å². The lowest BCUT2D eigenvalue weighted by Gasteiger charge is -2.20. The van der Waals surface area contributed by atoms with E-state index in [1.54, 1.807) is 0 Å². The van der Waals surface area contributed by atoms with E-state index in [4.69, 9.17) is 0 Å². The molecule has 0 spiro atoms. The van der Waals surface area contributed by atoms with Crippen LogP contribution in [-0.2, 0) is 5.54 Å². The predicted octanol–water partition coefficient (Wildman–Crippen LogP) is -0.313. The second-order valence-corrected chi connectivity index (χ2v) is 3.52. The predicted molar refractivity (Wildman–Crippen MR) is 44.1 cm³/mol. The van der Waals surface area contributed by atoms with Crippen molar-refractivity contribution in [3.63, 3.8) is 0 Å². The number of hydrogen-bond acceptors (Lipinski definition) is 3. The number of nitrogens with zero attached hydrogens (tertiary/aromatic N) is 2. The van der Waals surface area contributed by atoms with E-state index in [0.717, 1.165) is 0 Å². The number of rotatable bonds is 0. The molecule has 0 fully saturated rings. The average Bonchev–Trinajstić information content (AvgIpc) is 1.83. The van der Waals surface area contributed by atoms with Crippen LogP contribution in [0.15, 0.2) is 15.9 Å². The molecule has 1 aromatic heterocycles. The molecule has 1 N–H and O–H groups in total. The fourth-order valence-corrected chi connectivity index (χ4v) is 0.824. The van der Waals surface area contributed by atoms with Crippen LogP contribution in [0.5, 0.6) is 0 Å². The zero-order valence-corrected chi connectivity index (χ0v) is 7.29. The summed E-state index contributed by atoms with van der Waals surface area (Å²) in [7, 11) is 0. The standard InChI is InChI=1S/C7H11N3O2/c1-7(2,3)10-4-8-5(11)9-6(10)12/h4H,1-3H3,(H,9,11,12). The first-order chi connectivity index (χ1) is 5.41. The number of aromatic amines is 1. The molecule has 1 rings (SSSR count). The Labute approximate surface area is 69.1 Å². The zero-order chi connectivity index (χ0) is 9.35. The molecule has 5 heteroatoms. The molecule has 66 valence electrons. The van der Waals surface area contributed by atoms with Crippen molar-refractivity contribution >= 4 is 0 Å². The van der Waals surface area contributed by atoms with Gasteiger partial charge in [-0.15, -0.1) is 0 Å². The van der Waals surface area contributed by atoms with Crippen molar-refractivity contribution in [2.75, 3.05) is 0 Å². The Morgan fingerprint density at radius 2 is 2.00 bits per heavy atom. The molecule has 1 aromatic rings. The van der Waals surface area contributed by atoms with Gasteiger partial charge in [0, 0.05) is 5.54 Å². The SMILES string of the molecule is CC(C)(C)n1cnc(=O)[nH]c1=O. The molecule has 0 aliphatic carbocycles. The van der Waals surface area contributed by atoms with Crippen molar-refractivity contribution in [1.82, 2.24) is 14.5 Å². The van der Waals surface area contributed by atoms with Gasteiger partial charge in [-0.2, -0.15) is 4.98 Å². The fourth-order valence-electron chi connectivity index (χ4n) is 0.824. The van der Waals surface area contributed by atoms with E-state index >= 15 is 0 Å². The molecule has 0 aromatic carbocycles. The van der Waals surface area contributed by atoms with Crippen LogP contribution in [0, 0.1) is 0 Å². The van der Waals surface area contributed by atoms with E-state index in [2.05, 4.69) is 9.97 Å². The van der Waals surface area contributed by atoms with Gasteiger partial charge in [0.1, 0.15) is 6.33 Å². The van der Waals surface area contributed by atoms with Crippen molar-refractivity contribution in [1.29, 1.82) is 0 Å². The maximum Gasteiger partial charge on any atom is 0.350 e. The monoisotopic (exact) mass is 169 g/mol. The Morgan fingerprint density at radius 1 is 1.42 bits per heavy atom. The summed E-state index contributed by atoms with van der Waals surface area (Å²) in [5.41, 5.74) is -1.39. The van der Waals surface area contributed by atoms with Gasteiger partial charge >= 0.3 is 11.4 Å². The molecule has 0 unspecified atom stereocenters. The van der Waals surface area contributed by atoms with E-state index < -0.39 is 11.4 Å². The molecule has 0 saturated carbocycles. The third kappa shape index (κ3) is 1.61. The summed E-state index contributed by atoms with van der Waals surface area (Å²) in [6, 6.07) is 0. The van der Waals surface area contributed by atoms with Gasteiger partial charge in [0.2, 0.25) is 0 Å². The van der Waals surface area contributed by atoms with Crippen molar-refractivity contribution in [3.8, 4) is 0 Å². The van der Waals surface area contributed by atoms with Crippen LogP contribution in [0.4, 0.5) is 0 Å². The fraction of sp³-hybridized carbons (Fsp3) is 0.571. The lowest BCUT2D eigenvalue weighted by molar-refractivity contribution is 0.369. The highest BCUT2D eigenvalue weighted by molar-refractivity contribution is 4.77. The highest BCUT2D eigenvalue weighted by atomic mass is 16.2. The Morgan fingerprint density at radius 3 is 2.42 bits per heavy atom. The van der Waals surface area contributed by atoms with E-state index in [0.29, 0.717) is 0 Å². The molecule has 0 aliphatic heterocycles. The van der Waals surface area contributed by atoms with Crippen LogP contribution in [0.25, 0.3) is 0 Å². The van der Waals surface area contributed by atoms with Crippen LogP contribution in [0.2, 0.25) is 0 Å². The zero-order valence-electron chi connectivity index (χ0n) is 7.29. The lowest BCUT2D eigenvalue weighted by atomic mass is 10.1. The minimum atomic E-state index is -0.611. The van der Waals surface area contributed by atoms with E-state index in [1.807, 2.05) is 20.8 Å². The van der Waals surface area contributed by atoms with Crippen molar-refractivity contribution in [2.24, 2.45) is 0 Å². The summed E-state index contributed by atoms with van der Waals surface area (Å²) in [4.78, 5) is 27.3. The van der Waals surface area contributed by atoms with E-state index in [9.17, 15) is 9.59 Å². The van der Waals surface area contributed by atoms with Crippen molar-refractivity contribution in [2.45, 2.75) is 26.3 Å². The Hall–Kier alpha value is -1.39. The maximum absolute atomic E-state index is 11.2. The van der Waals surface area contributed by atoms with Crippen LogP contribution in [0.3, 0.4) is 0 Å². The minimum absolute atomic E-state index is 0.353. The summed E-state index contributed by atoms with van der Waals surface area (Å²) in [6.45, 7) is 5.57. The topological polar surface area (TPSA) is 67.8 Å². The summed E-state index contributed by atoms with van der Waals surface area (Å²) >= 11 is 0. The largest absolute Gasteiger partial charge is 0.350 e. The number of nitrogens with one attached hydrogen (secondary N) is 1. The Kier molecular flexibility index (Phi) is 1.87. The molecule has 1 heterocycles. The van der Waals surface area contributed by atoms with Gasteiger partial charge in [0.05, 0.1) is 0 Å². The van der Waals surface area contributed by atoms with Gasteiger partial charge in [-0.1, -0.05) is 0 Å². The van der Waals surface area contributed by atoms with Crippen LogP contribution >= 0.6 is 0 Å². The lowest BCUT2D eigenvalue weighted by Crippen LogP contribution is -2.39. The average molecular weight is 169 g/mol. The van der Waals surface area contributed by atoms with Gasteiger partial charge in [-0.25, -0.2) is 9.59 Å². The van der Waals surface area contributed by atoms with Gasteiger partial charge in [-0.05, 0) is 20.8 Å². The Balaban J connectivity index is 3.39. The highest BCUT2D eigenvalue weighted by Crippen LogP contribution is 2.07. The van der Waals surface area contributed by atoms with Gasteiger partial charge in [0.25, 0.3) is 0 Å². The molecular weight excluding hydrogens is 158 g/mol. The normalized spacial score (nSPS) is 11.6. The quantitative estimate of drug-likeness (QED) is 0.579. The highest BCUT2D eigenvalue weighted by Gasteiger charge is 2.14. The first kappa shape index (κ1) is 8.70. The van der Waals surface area contributed by atoms with Crippen LogP contribution in [-0.4, -0.2) is 14.5 Å². The number of hydrogen-bond donors (Lipinski definition) is 1. The molecule has 5 nitrogen and oxygen atoms in total. The Bertz CT molecular complexity index is 383. The molecule has 0 radical (unpaired) electrons. The van der Waals surface area contributed by atoms with Gasteiger partial charge in [0.15, 0.2) is 0 Å². The minimum Gasteiger partial charge on any atom is -0.279 e. The number of aromatic nitrogens is 3. The molecule has 0 amide bonds. The van der Waals surface area contributed by atoms with Gasteiger partial charge in [-0.3, -0.25) is 9.55 Å². The van der Waals surface area contributed by atoms with Crippen LogP contribution in [0.1, 0.15) is 20.8 Å². The molecule has 0 aliphatic rings. The summed E-state index contributed by atoms with van der Waals surface area (Å²) < 4.78 is 1.37. The first-order valence-corrected chi connectivity index (χ1v) is 3.60. The second kappa shape index (κ2) is 2.58. The molecule has 12 heavy (non-hydrogen) atoms. The van der Waals surface area contributed by atoms with E-state index in [1.165, 1.54) is 10.9 Å². The molecular formula is C7H11N3O2. The van der Waals surface area contributed by atoms with Crippen LogP contribution < -0.4 is 11.4 Å². The second-order valence-electron chi connectivity index (χ2n) is 3.52. The third-order valence-electron chi connectivity index (χ3n) is 1.45. The summed E-state index contributed by atoms with van der Waals surface area (Å²) in [5, 5.41) is 0. The molecule has 0 atom stereocenters.